The van der Waals surface area contributed by atoms with Crippen molar-refractivity contribution in [3.05, 3.63) is 0 Å². The fourth-order valence-corrected chi connectivity index (χ4v) is 2.68. The van der Waals surface area contributed by atoms with E-state index in [2.05, 4.69) is 21.7 Å². The molecule has 0 aromatic rings. The second-order valence-electron chi connectivity index (χ2n) is 3.04. The lowest BCUT2D eigenvalue weighted by Gasteiger charge is -2.27. The molecule has 0 amide bonds. The van der Waals surface area contributed by atoms with Gasteiger partial charge in [-0.05, 0) is 13.6 Å². The molecule has 64 valence electrons. The molecule has 0 aliphatic carbocycles. The van der Waals surface area contributed by atoms with Gasteiger partial charge in [-0.1, -0.05) is 6.92 Å². The smallest absolute Gasteiger partial charge is 0.379 e. The van der Waals surface area contributed by atoms with Crippen molar-refractivity contribution < 1.29 is 4.74 Å². The molecular formula is C7H17AlN2O. The summed E-state index contributed by atoms with van der Waals surface area (Å²) >= 11 is -0.123. The van der Waals surface area contributed by atoms with Crippen LogP contribution >= 0.6 is 0 Å². The highest BCUT2D eigenvalue weighted by molar-refractivity contribution is 6.28. The molecule has 0 atom stereocenters. The van der Waals surface area contributed by atoms with Crippen LogP contribution in [0.5, 0.6) is 0 Å². The standard InChI is InChI=1S/C7H16N2O.Al.H/c1-3-9-5-7-10-6-4-8-2;;/h3-7H2,1-2H3;;/q-2;+2;. The lowest BCUT2D eigenvalue weighted by atomic mass is 10.6. The highest BCUT2D eigenvalue weighted by atomic mass is 27.1. The zero-order chi connectivity index (χ0) is 8.10. The minimum Gasteiger partial charge on any atom is -0.379 e. The van der Waals surface area contributed by atoms with Crippen LogP contribution < -0.4 is 0 Å². The number of ether oxygens (including phenoxy) is 1. The average Bonchev–Trinajstić information content (AvgIpc) is 1.96. The van der Waals surface area contributed by atoms with Gasteiger partial charge in [0.1, 0.15) is 0 Å². The zero-order valence-electron chi connectivity index (χ0n) is 7.55. The summed E-state index contributed by atoms with van der Waals surface area (Å²) in [5.74, 6) is 0. The molecule has 4 heteroatoms. The molecule has 1 fully saturated rings. The summed E-state index contributed by atoms with van der Waals surface area (Å²) in [6.45, 7) is 7.49. The number of likely N-dealkylation sites (N-methyl/N-ethyl adjacent to an activating group) is 2. The minimum absolute atomic E-state index is 0.123. The Kier molecular flexibility index (Phi) is 4.43. The summed E-state index contributed by atoms with van der Waals surface area (Å²) in [5.41, 5.74) is 0. The molecule has 0 N–H and O–H groups in total. The van der Waals surface area contributed by atoms with Gasteiger partial charge in [0.05, 0.1) is 13.2 Å². The monoisotopic (exact) mass is 172 g/mol. The summed E-state index contributed by atoms with van der Waals surface area (Å²) in [7, 11) is 2.20. The summed E-state index contributed by atoms with van der Waals surface area (Å²) in [5, 5.41) is 0. The SMILES string of the molecule is CC[N]1CCOCC[N](C)[AlH]1. The molecule has 1 aliphatic heterocycles. The quantitative estimate of drug-likeness (QED) is 0.498. The van der Waals surface area contributed by atoms with Crippen LogP contribution in [0.1, 0.15) is 6.92 Å². The van der Waals surface area contributed by atoms with Gasteiger partial charge in [0, 0.05) is 13.1 Å². The van der Waals surface area contributed by atoms with Crippen LogP contribution in [0, 0.1) is 0 Å². The van der Waals surface area contributed by atoms with Crippen molar-refractivity contribution in [2.45, 2.75) is 6.92 Å². The summed E-state index contributed by atoms with van der Waals surface area (Å²) in [4.78, 5) is 0. The van der Waals surface area contributed by atoms with Gasteiger partial charge in [-0.2, -0.15) is 0 Å². The maximum atomic E-state index is 5.42. The van der Waals surface area contributed by atoms with Gasteiger partial charge in [0.15, 0.2) is 0 Å². The molecule has 1 aliphatic rings. The van der Waals surface area contributed by atoms with E-state index < -0.39 is 0 Å². The second kappa shape index (κ2) is 5.13. The van der Waals surface area contributed by atoms with Crippen molar-refractivity contribution in [2.24, 2.45) is 0 Å². The molecule has 0 spiro atoms. The van der Waals surface area contributed by atoms with Gasteiger partial charge < -0.3 is 12.5 Å². The Morgan fingerprint density at radius 1 is 1.36 bits per heavy atom. The first-order valence-corrected chi connectivity index (χ1v) is 5.58. The van der Waals surface area contributed by atoms with Crippen LogP contribution in [-0.4, -0.2) is 63.3 Å². The van der Waals surface area contributed by atoms with Crippen molar-refractivity contribution in [1.29, 1.82) is 0 Å². The van der Waals surface area contributed by atoms with Crippen LogP contribution in [0.2, 0.25) is 0 Å². The van der Waals surface area contributed by atoms with Crippen molar-refractivity contribution >= 4 is 15.7 Å². The van der Waals surface area contributed by atoms with Crippen molar-refractivity contribution in [2.75, 3.05) is 39.9 Å². The first-order chi connectivity index (χ1) is 5.33. The Hall–Kier alpha value is 0.412. The van der Waals surface area contributed by atoms with E-state index in [0.717, 1.165) is 26.3 Å². The molecule has 0 aromatic carbocycles. The Bertz CT molecular complexity index is 113. The average molecular weight is 172 g/mol. The lowest BCUT2D eigenvalue weighted by molar-refractivity contribution is 0.102. The number of hydrogen-bond donors (Lipinski definition) is 0. The van der Waals surface area contributed by atoms with E-state index >= 15 is 0 Å². The van der Waals surface area contributed by atoms with Gasteiger partial charge >= 0.3 is 15.7 Å². The van der Waals surface area contributed by atoms with Gasteiger partial charge in [-0.3, -0.25) is 0 Å². The van der Waals surface area contributed by atoms with Crippen molar-refractivity contribution in [3.8, 4) is 0 Å². The second-order valence-corrected chi connectivity index (χ2v) is 5.30. The fourth-order valence-electron chi connectivity index (χ4n) is 1.26. The van der Waals surface area contributed by atoms with Crippen LogP contribution in [0.4, 0.5) is 0 Å². The number of nitrogens with zero attached hydrogens (tertiary/aromatic N) is 2. The first kappa shape index (κ1) is 9.50. The van der Waals surface area contributed by atoms with Crippen molar-refractivity contribution in [1.82, 2.24) is 7.77 Å². The molecule has 0 unspecified atom stereocenters. The molecule has 1 saturated heterocycles. The zero-order valence-corrected chi connectivity index (χ0v) is 8.96. The van der Waals surface area contributed by atoms with Crippen LogP contribution in [0.15, 0.2) is 0 Å². The molecule has 0 saturated carbocycles. The van der Waals surface area contributed by atoms with Crippen LogP contribution in [0.3, 0.4) is 0 Å². The molecular weight excluding hydrogens is 155 g/mol. The maximum Gasteiger partial charge on any atom is 0.463 e. The summed E-state index contributed by atoms with van der Waals surface area (Å²) in [6, 6.07) is 0. The van der Waals surface area contributed by atoms with Gasteiger partial charge in [-0.15, -0.1) is 0 Å². The van der Waals surface area contributed by atoms with Crippen molar-refractivity contribution in [3.63, 3.8) is 0 Å². The molecule has 0 aromatic heterocycles. The number of hydrogen-bond acceptors (Lipinski definition) is 3. The molecule has 1 rings (SSSR count). The Morgan fingerprint density at radius 3 is 2.82 bits per heavy atom. The van der Waals surface area contributed by atoms with E-state index in [1.54, 1.807) is 0 Å². The normalized spacial score (nSPS) is 23.8. The largest absolute Gasteiger partial charge is 0.463 e. The van der Waals surface area contributed by atoms with E-state index in [-0.39, 0.29) is 15.7 Å². The van der Waals surface area contributed by atoms with Crippen LogP contribution in [-0.2, 0) is 4.74 Å². The maximum absolute atomic E-state index is 5.42. The Morgan fingerprint density at radius 2 is 2.09 bits per heavy atom. The van der Waals surface area contributed by atoms with E-state index in [1.807, 2.05) is 0 Å². The highest BCUT2D eigenvalue weighted by Gasteiger charge is 2.13. The van der Waals surface area contributed by atoms with Crippen LogP contribution in [0.25, 0.3) is 0 Å². The van der Waals surface area contributed by atoms with E-state index in [1.165, 1.54) is 6.54 Å². The Labute approximate surface area is 75.4 Å². The topological polar surface area (TPSA) is 15.7 Å². The third kappa shape index (κ3) is 3.55. The molecule has 0 bridgehead atoms. The summed E-state index contributed by atoms with van der Waals surface area (Å²) < 4.78 is 10.4. The van der Waals surface area contributed by atoms with Gasteiger partial charge in [-0.25, -0.2) is 0 Å². The highest BCUT2D eigenvalue weighted by Crippen LogP contribution is 1.93. The molecule has 3 nitrogen and oxygen atoms in total. The van der Waals surface area contributed by atoms with E-state index in [0.29, 0.717) is 0 Å². The lowest BCUT2D eigenvalue weighted by Crippen LogP contribution is -2.44. The molecule has 11 heavy (non-hydrogen) atoms. The van der Waals surface area contributed by atoms with E-state index in [4.69, 9.17) is 4.74 Å². The molecule has 1 heterocycles. The third-order valence-electron chi connectivity index (χ3n) is 2.06. The Balaban J connectivity index is 2.29. The van der Waals surface area contributed by atoms with Gasteiger partial charge in [0.25, 0.3) is 0 Å². The predicted octanol–water partition coefficient (Wildman–Crippen LogP) is -0.463. The van der Waals surface area contributed by atoms with E-state index in [9.17, 15) is 0 Å². The van der Waals surface area contributed by atoms with Gasteiger partial charge in [0.2, 0.25) is 0 Å². The predicted molar refractivity (Wildman–Crippen MR) is 47.8 cm³/mol. The number of rotatable bonds is 1. The third-order valence-corrected chi connectivity index (χ3v) is 4.02. The minimum atomic E-state index is -0.123. The first-order valence-electron chi connectivity index (χ1n) is 4.31. The summed E-state index contributed by atoms with van der Waals surface area (Å²) in [6.07, 6.45) is 0. The molecule has 0 radical (unpaired) electrons. The fraction of sp³-hybridized carbons (Fsp3) is 1.00.